The molecule has 0 spiro atoms. The van der Waals surface area contributed by atoms with Crippen molar-refractivity contribution in [2.75, 3.05) is 23.9 Å². The highest BCUT2D eigenvalue weighted by Crippen LogP contribution is 2.37. The molecule has 2 aromatic rings. The summed E-state index contributed by atoms with van der Waals surface area (Å²) in [6.45, 7) is 1.11. The van der Waals surface area contributed by atoms with Gasteiger partial charge in [0.25, 0.3) is 0 Å². The molecule has 0 fully saturated rings. The molecule has 0 atom stereocenters. The van der Waals surface area contributed by atoms with Crippen LogP contribution in [-0.4, -0.2) is 29.8 Å². The highest BCUT2D eigenvalue weighted by atomic mass is 127. The molecule has 0 unspecified atom stereocenters. The number of esters is 1. The van der Waals surface area contributed by atoms with Gasteiger partial charge in [0.05, 0.1) is 33.9 Å². The third-order valence-corrected chi connectivity index (χ3v) is 7.99. The average molecular weight is 990 g/mol. The van der Waals surface area contributed by atoms with Gasteiger partial charge in [0.1, 0.15) is 11.5 Å². The van der Waals surface area contributed by atoms with Gasteiger partial charge >= 0.3 is 5.97 Å². The Labute approximate surface area is 248 Å². The Morgan fingerprint density at radius 2 is 1.33 bits per heavy atom. The van der Waals surface area contributed by atoms with Gasteiger partial charge < -0.3 is 14.2 Å². The van der Waals surface area contributed by atoms with Crippen molar-refractivity contribution in [3.63, 3.8) is 0 Å². The van der Waals surface area contributed by atoms with Crippen LogP contribution in [0.15, 0.2) is 24.3 Å². The molecule has 0 aliphatic heterocycles. The van der Waals surface area contributed by atoms with E-state index in [9.17, 15) is 4.79 Å². The van der Waals surface area contributed by atoms with Gasteiger partial charge in [-0.2, -0.15) is 0 Å². The zero-order chi connectivity index (χ0) is 22.1. The van der Waals surface area contributed by atoms with E-state index in [1.165, 1.54) is 0 Å². The molecule has 0 bridgehead atoms. The molecular weight excluding hydrogens is 972 g/mol. The standard InChI is InChI=1S/C20H18Br2I4O4/c21-3-1-5-28-18(27)9-12-7-14(23)20(15(24)8-12)30-13-10-16(25)19(17(26)11-13)29-6-2-4-22/h7-8,10-11H,1-6,9H2. The van der Waals surface area contributed by atoms with Gasteiger partial charge in [-0.3, -0.25) is 4.79 Å². The van der Waals surface area contributed by atoms with Crippen molar-refractivity contribution in [2.45, 2.75) is 19.3 Å². The summed E-state index contributed by atoms with van der Waals surface area (Å²) in [5.74, 6) is 2.22. The van der Waals surface area contributed by atoms with Crippen LogP contribution in [0.1, 0.15) is 18.4 Å². The fourth-order valence-electron chi connectivity index (χ4n) is 2.35. The number of ether oxygens (including phenoxy) is 3. The molecule has 0 aromatic heterocycles. The fraction of sp³-hybridized carbons (Fsp3) is 0.350. The third kappa shape index (κ3) is 8.97. The van der Waals surface area contributed by atoms with Crippen molar-refractivity contribution < 1.29 is 19.0 Å². The van der Waals surface area contributed by atoms with Crippen LogP contribution < -0.4 is 9.47 Å². The molecule has 0 saturated carbocycles. The summed E-state index contributed by atoms with van der Waals surface area (Å²) >= 11 is 15.8. The van der Waals surface area contributed by atoms with Crippen molar-refractivity contribution in [1.82, 2.24) is 0 Å². The van der Waals surface area contributed by atoms with Crippen LogP contribution in [0.2, 0.25) is 0 Å². The summed E-state index contributed by atoms with van der Waals surface area (Å²) in [6.07, 6.45) is 2.02. The minimum Gasteiger partial charge on any atom is -0.491 e. The first kappa shape index (κ1) is 27.6. The molecular formula is C20H18Br2I4O4. The fourth-order valence-corrected chi connectivity index (χ4v) is 6.95. The second-order valence-corrected chi connectivity index (χ2v) is 12.3. The lowest BCUT2D eigenvalue weighted by Crippen LogP contribution is -2.10. The predicted molar refractivity (Wildman–Crippen MR) is 161 cm³/mol. The van der Waals surface area contributed by atoms with E-state index in [4.69, 9.17) is 14.2 Å². The summed E-state index contributed by atoms with van der Waals surface area (Å²) < 4.78 is 21.3. The molecule has 0 N–H and O–H groups in total. The van der Waals surface area contributed by atoms with Crippen LogP contribution in [0.4, 0.5) is 0 Å². The number of benzene rings is 2. The van der Waals surface area contributed by atoms with Gasteiger partial charge in [-0.1, -0.05) is 31.9 Å². The Balaban J connectivity index is 2.12. The van der Waals surface area contributed by atoms with Crippen molar-refractivity contribution in [1.29, 1.82) is 0 Å². The average Bonchev–Trinajstić information content (AvgIpc) is 2.67. The number of rotatable bonds is 11. The summed E-state index contributed by atoms with van der Waals surface area (Å²) in [4.78, 5) is 12.0. The SMILES string of the molecule is O=C(Cc1cc(I)c(Oc2cc(I)c(OCCCBr)c(I)c2)c(I)c1)OCCCBr. The van der Waals surface area contributed by atoms with E-state index < -0.39 is 0 Å². The number of carbonyl (C=O) groups is 1. The summed E-state index contributed by atoms with van der Waals surface area (Å²) in [7, 11) is 0. The second-order valence-electron chi connectivity index (χ2n) is 6.04. The van der Waals surface area contributed by atoms with E-state index in [1.807, 2.05) is 24.3 Å². The lowest BCUT2D eigenvalue weighted by molar-refractivity contribution is -0.142. The lowest BCUT2D eigenvalue weighted by atomic mass is 10.1. The first-order valence-corrected chi connectivity index (χ1v) is 15.5. The number of hydrogen-bond donors (Lipinski definition) is 0. The molecule has 10 heteroatoms. The van der Waals surface area contributed by atoms with Crippen LogP contribution in [0.3, 0.4) is 0 Å². The van der Waals surface area contributed by atoms with Gasteiger partial charge in [0.2, 0.25) is 0 Å². The summed E-state index contributed by atoms with van der Waals surface area (Å²) in [6, 6.07) is 7.90. The second kappa shape index (κ2) is 14.6. The smallest absolute Gasteiger partial charge is 0.310 e. The topological polar surface area (TPSA) is 44.8 Å². The number of alkyl halides is 2. The van der Waals surface area contributed by atoms with Crippen LogP contribution in [-0.2, 0) is 16.0 Å². The molecule has 2 rings (SSSR count). The van der Waals surface area contributed by atoms with E-state index in [2.05, 4.69) is 122 Å². The predicted octanol–water partition coefficient (Wildman–Crippen LogP) is 7.93. The van der Waals surface area contributed by atoms with Gasteiger partial charge in [-0.05, 0) is 133 Å². The van der Waals surface area contributed by atoms with Crippen LogP contribution in [0.25, 0.3) is 0 Å². The molecule has 0 amide bonds. The highest BCUT2D eigenvalue weighted by molar-refractivity contribution is 14.1. The molecule has 0 saturated heterocycles. The Hall–Kier alpha value is 1.39. The molecule has 30 heavy (non-hydrogen) atoms. The zero-order valence-corrected chi connectivity index (χ0v) is 27.5. The molecule has 164 valence electrons. The van der Waals surface area contributed by atoms with Gasteiger partial charge in [0.15, 0.2) is 5.75 Å². The molecule has 0 aliphatic carbocycles. The Morgan fingerprint density at radius 3 is 1.90 bits per heavy atom. The van der Waals surface area contributed by atoms with Crippen molar-refractivity contribution >= 4 is 128 Å². The molecule has 0 radical (unpaired) electrons. The zero-order valence-electron chi connectivity index (χ0n) is 15.7. The third-order valence-electron chi connectivity index (χ3n) is 3.66. The van der Waals surface area contributed by atoms with Gasteiger partial charge in [-0.25, -0.2) is 0 Å². The molecule has 2 aromatic carbocycles. The largest absolute Gasteiger partial charge is 0.491 e. The van der Waals surface area contributed by atoms with E-state index in [0.29, 0.717) is 13.2 Å². The van der Waals surface area contributed by atoms with Gasteiger partial charge in [-0.15, -0.1) is 0 Å². The Morgan fingerprint density at radius 1 is 0.800 bits per heavy atom. The van der Waals surface area contributed by atoms with Crippen molar-refractivity contribution in [3.05, 3.63) is 44.1 Å². The van der Waals surface area contributed by atoms with Crippen LogP contribution >= 0.6 is 122 Å². The number of carbonyl (C=O) groups excluding carboxylic acids is 1. The van der Waals surface area contributed by atoms with E-state index in [0.717, 1.165) is 60.6 Å². The van der Waals surface area contributed by atoms with E-state index in [1.54, 1.807) is 0 Å². The van der Waals surface area contributed by atoms with Crippen molar-refractivity contribution in [3.8, 4) is 17.2 Å². The molecule has 0 aliphatic rings. The Kier molecular flexibility index (Phi) is 13.5. The first-order valence-electron chi connectivity index (χ1n) is 8.90. The molecule has 0 heterocycles. The number of halogens is 6. The minimum absolute atomic E-state index is 0.212. The Bertz CT molecular complexity index is 834. The highest BCUT2D eigenvalue weighted by Gasteiger charge is 2.15. The van der Waals surface area contributed by atoms with Gasteiger partial charge in [0, 0.05) is 10.7 Å². The summed E-state index contributed by atoms with van der Waals surface area (Å²) in [5, 5.41) is 1.74. The van der Waals surface area contributed by atoms with Crippen LogP contribution in [0, 0.1) is 14.3 Å². The van der Waals surface area contributed by atoms with Crippen LogP contribution in [0.5, 0.6) is 17.2 Å². The van der Waals surface area contributed by atoms with E-state index >= 15 is 0 Å². The van der Waals surface area contributed by atoms with E-state index in [-0.39, 0.29) is 12.4 Å². The monoisotopic (exact) mass is 988 g/mol. The first-order chi connectivity index (χ1) is 14.3. The summed E-state index contributed by atoms with van der Waals surface area (Å²) in [5.41, 5.74) is 0.916. The quantitative estimate of drug-likeness (QED) is 0.0995. The number of hydrogen-bond acceptors (Lipinski definition) is 4. The maximum absolute atomic E-state index is 12.0. The maximum atomic E-state index is 12.0. The maximum Gasteiger partial charge on any atom is 0.310 e. The normalized spacial score (nSPS) is 10.7. The molecule has 4 nitrogen and oxygen atoms in total. The lowest BCUT2D eigenvalue weighted by Gasteiger charge is -2.15. The minimum atomic E-state index is -0.212. The van der Waals surface area contributed by atoms with Crippen molar-refractivity contribution in [2.24, 2.45) is 0 Å².